The van der Waals surface area contributed by atoms with Gasteiger partial charge in [0.1, 0.15) is 17.2 Å². The van der Waals surface area contributed by atoms with Gasteiger partial charge in [0, 0.05) is 24.1 Å². The van der Waals surface area contributed by atoms with E-state index in [1.807, 2.05) is 66.4 Å². The number of aromatic nitrogens is 1. The number of hydrogen-bond donors (Lipinski definition) is 0. The Morgan fingerprint density at radius 3 is 2.74 bits per heavy atom. The number of nitrogens with zero attached hydrogens (tertiary/aromatic N) is 2. The van der Waals surface area contributed by atoms with Crippen LogP contribution in [0.2, 0.25) is 0 Å². The summed E-state index contributed by atoms with van der Waals surface area (Å²) in [6.45, 7) is 3.74. The van der Waals surface area contributed by atoms with Crippen LogP contribution in [0.5, 0.6) is 5.75 Å². The third-order valence-corrected chi connectivity index (χ3v) is 4.74. The smallest absolute Gasteiger partial charge is 0.257 e. The van der Waals surface area contributed by atoms with Crippen molar-refractivity contribution >= 4 is 5.91 Å². The fourth-order valence-corrected chi connectivity index (χ4v) is 3.36. The normalized spacial score (nSPS) is 13.3. The van der Waals surface area contributed by atoms with E-state index in [2.05, 4.69) is 5.16 Å². The van der Waals surface area contributed by atoms with Gasteiger partial charge >= 0.3 is 0 Å². The molecule has 0 atom stereocenters. The van der Waals surface area contributed by atoms with Gasteiger partial charge in [0.2, 0.25) is 0 Å². The van der Waals surface area contributed by atoms with E-state index in [0.29, 0.717) is 37.4 Å². The molecule has 3 aromatic rings. The monoisotopic (exact) mass is 362 g/mol. The Kier molecular flexibility index (Phi) is 4.92. The minimum Gasteiger partial charge on any atom is -0.493 e. The first-order valence-electron chi connectivity index (χ1n) is 9.32. The number of carbonyl (C=O) groups is 1. The molecule has 4 rings (SSSR count). The zero-order chi connectivity index (χ0) is 18.6. The second-order valence-electron chi connectivity index (χ2n) is 6.62. The summed E-state index contributed by atoms with van der Waals surface area (Å²) in [5, 5.41) is 4.25. The number of amides is 1. The lowest BCUT2D eigenvalue weighted by atomic mass is 10.0. The van der Waals surface area contributed by atoms with Gasteiger partial charge in [0.05, 0.1) is 18.7 Å². The molecule has 0 bridgehead atoms. The predicted octanol–water partition coefficient (Wildman–Crippen LogP) is 4.33. The van der Waals surface area contributed by atoms with Gasteiger partial charge in [0.15, 0.2) is 0 Å². The maximum absolute atomic E-state index is 13.2. The van der Waals surface area contributed by atoms with Crippen LogP contribution < -0.4 is 4.74 Å². The Bertz CT molecular complexity index is 934. The molecule has 1 amide bonds. The van der Waals surface area contributed by atoms with E-state index in [0.717, 1.165) is 29.0 Å². The van der Waals surface area contributed by atoms with Crippen LogP contribution in [-0.2, 0) is 13.0 Å². The zero-order valence-electron chi connectivity index (χ0n) is 15.4. The number of ether oxygens (including phenoxy) is 1. The Labute approximate surface area is 158 Å². The van der Waals surface area contributed by atoms with Crippen LogP contribution in [0.4, 0.5) is 0 Å². The molecule has 5 heteroatoms. The molecule has 1 aliphatic rings. The predicted molar refractivity (Wildman–Crippen MR) is 103 cm³/mol. The Morgan fingerprint density at radius 1 is 1.15 bits per heavy atom. The van der Waals surface area contributed by atoms with Gasteiger partial charge in [0.25, 0.3) is 5.91 Å². The first kappa shape index (κ1) is 17.3. The third kappa shape index (κ3) is 3.45. The van der Waals surface area contributed by atoms with Gasteiger partial charge in [-0.05, 0) is 18.6 Å². The third-order valence-electron chi connectivity index (χ3n) is 4.74. The van der Waals surface area contributed by atoms with Gasteiger partial charge in [-0.25, -0.2) is 0 Å². The van der Waals surface area contributed by atoms with Crippen LogP contribution in [0.25, 0.3) is 11.3 Å². The van der Waals surface area contributed by atoms with Crippen LogP contribution in [0, 0.1) is 0 Å². The molecule has 1 aliphatic heterocycles. The molecule has 5 nitrogen and oxygen atoms in total. The molecule has 0 N–H and O–H groups in total. The molecule has 0 saturated heterocycles. The highest BCUT2D eigenvalue weighted by molar-refractivity contribution is 5.97. The molecule has 0 fully saturated rings. The molecule has 0 spiro atoms. The SMILES string of the molecule is CCCOc1ccccc1C(=O)N1CCc2onc(-c3ccccc3)c2C1. The summed E-state index contributed by atoms with van der Waals surface area (Å²) < 4.78 is 11.3. The fraction of sp³-hybridized carbons (Fsp3) is 0.273. The Hall–Kier alpha value is -3.08. The van der Waals surface area contributed by atoms with Gasteiger partial charge in [-0.1, -0.05) is 54.5 Å². The highest BCUT2D eigenvalue weighted by Gasteiger charge is 2.29. The number of fused-ring (bicyclic) bond motifs is 1. The highest BCUT2D eigenvalue weighted by Crippen LogP contribution is 2.31. The Balaban J connectivity index is 1.60. The number of carbonyl (C=O) groups excluding carboxylic acids is 1. The van der Waals surface area contributed by atoms with E-state index >= 15 is 0 Å². The first-order chi connectivity index (χ1) is 13.3. The number of hydrogen-bond acceptors (Lipinski definition) is 4. The minimum absolute atomic E-state index is 0.0208. The van der Waals surface area contributed by atoms with Crippen LogP contribution in [-0.4, -0.2) is 29.1 Å². The number of para-hydroxylation sites is 1. The van der Waals surface area contributed by atoms with Crippen LogP contribution in [0.1, 0.15) is 35.0 Å². The quantitative estimate of drug-likeness (QED) is 0.678. The van der Waals surface area contributed by atoms with Crippen molar-refractivity contribution in [2.45, 2.75) is 26.3 Å². The second kappa shape index (κ2) is 7.66. The summed E-state index contributed by atoms with van der Waals surface area (Å²) >= 11 is 0. The minimum atomic E-state index is -0.0208. The molecule has 2 heterocycles. The molecular weight excluding hydrogens is 340 g/mol. The maximum Gasteiger partial charge on any atom is 0.257 e. The van der Waals surface area contributed by atoms with E-state index in [-0.39, 0.29) is 5.91 Å². The summed E-state index contributed by atoms with van der Waals surface area (Å²) in [5.41, 5.74) is 3.42. The van der Waals surface area contributed by atoms with Crippen LogP contribution in [0.3, 0.4) is 0 Å². The van der Waals surface area contributed by atoms with E-state index in [9.17, 15) is 4.79 Å². The van der Waals surface area contributed by atoms with E-state index in [1.54, 1.807) is 0 Å². The molecule has 0 saturated carbocycles. The number of rotatable bonds is 5. The molecule has 2 aromatic carbocycles. The van der Waals surface area contributed by atoms with E-state index in [4.69, 9.17) is 9.26 Å². The molecule has 27 heavy (non-hydrogen) atoms. The maximum atomic E-state index is 13.2. The van der Waals surface area contributed by atoms with Crippen molar-refractivity contribution < 1.29 is 14.1 Å². The standard InChI is InChI=1S/C22H22N2O3/c1-2-14-26-19-11-7-6-10-17(19)22(25)24-13-12-20-18(15-24)21(23-27-20)16-8-4-3-5-9-16/h3-11H,2,12-15H2,1H3. The summed E-state index contributed by atoms with van der Waals surface area (Å²) in [7, 11) is 0. The van der Waals surface area contributed by atoms with Crippen LogP contribution in [0.15, 0.2) is 59.1 Å². The molecular formula is C22H22N2O3. The van der Waals surface area contributed by atoms with Crippen molar-refractivity contribution in [3.05, 3.63) is 71.5 Å². The average Bonchev–Trinajstić information content (AvgIpc) is 3.16. The van der Waals surface area contributed by atoms with Gasteiger partial charge in [-0.3, -0.25) is 4.79 Å². The van der Waals surface area contributed by atoms with Crippen molar-refractivity contribution in [3.63, 3.8) is 0 Å². The molecule has 0 radical (unpaired) electrons. The molecule has 0 unspecified atom stereocenters. The van der Waals surface area contributed by atoms with E-state index in [1.165, 1.54) is 0 Å². The molecule has 1 aromatic heterocycles. The van der Waals surface area contributed by atoms with E-state index < -0.39 is 0 Å². The summed E-state index contributed by atoms with van der Waals surface area (Å²) in [6.07, 6.45) is 1.57. The largest absolute Gasteiger partial charge is 0.493 e. The van der Waals surface area contributed by atoms with Crippen molar-refractivity contribution in [2.24, 2.45) is 0 Å². The van der Waals surface area contributed by atoms with Gasteiger partial charge in [-0.15, -0.1) is 0 Å². The van der Waals surface area contributed by atoms with Crippen molar-refractivity contribution in [1.29, 1.82) is 0 Å². The van der Waals surface area contributed by atoms with Crippen molar-refractivity contribution in [1.82, 2.24) is 10.1 Å². The average molecular weight is 362 g/mol. The summed E-state index contributed by atoms with van der Waals surface area (Å²) in [6, 6.07) is 17.4. The summed E-state index contributed by atoms with van der Waals surface area (Å²) in [5.74, 6) is 1.49. The van der Waals surface area contributed by atoms with Crippen molar-refractivity contribution in [3.8, 4) is 17.0 Å². The lowest BCUT2D eigenvalue weighted by Crippen LogP contribution is -2.36. The topological polar surface area (TPSA) is 55.6 Å². The molecule has 0 aliphatic carbocycles. The number of benzene rings is 2. The zero-order valence-corrected chi connectivity index (χ0v) is 15.4. The lowest BCUT2D eigenvalue weighted by Gasteiger charge is -2.27. The first-order valence-corrected chi connectivity index (χ1v) is 9.32. The van der Waals surface area contributed by atoms with Gasteiger partial charge in [-0.2, -0.15) is 0 Å². The second-order valence-corrected chi connectivity index (χ2v) is 6.62. The summed E-state index contributed by atoms with van der Waals surface area (Å²) in [4.78, 5) is 15.0. The molecule has 138 valence electrons. The van der Waals surface area contributed by atoms with Gasteiger partial charge < -0.3 is 14.2 Å². The van der Waals surface area contributed by atoms with Crippen molar-refractivity contribution in [2.75, 3.05) is 13.2 Å². The van der Waals surface area contributed by atoms with Crippen LogP contribution >= 0.6 is 0 Å². The Morgan fingerprint density at radius 2 is 1.93 bits per heavy atom. The fourth-order valence-electron chi connectivity index (χ4n) is 3.36. The lowest BCUT2D eigenvalue weighted by molar-refractivity contribution is 0.0724. The highest BCUT2D eigenvalue weighted by atomic mass is 16.5.